The molecule has 2 aliphatic rings. The lowest BCUT2D eigenvalue weighted by atomic mass is 9.86. The maximum atomic E-state index is 5.57. The molecular formula is C21H26N2O. The van der Waals surface area contributed by atoms with Gasteiger partial charge in [-0.15, -0.1) is 0 Å². The molecule has 2 aliphatic heterocycles. The van der Waals surface area contributed by atoms with E-state index < -0.39 is 0 Å². The lowest BCUT2D eigenvalue weighted by Gasteiger charge is -2.51. The van der Waals surface area contributed by atoms with E-state index in [1.54, 1.807) is 7.11 Å². The maximum Gasteiger partial charge on any atom is 0.123 e. The molecule has 24 heavy (non-hydrogen) atoms. The molecule has 0 aromatic heterocycles. The lowest BCUT2D eigenvalue weighted by molar-refractivity contribution is -0.0198. The summed E-state index contributed by atoms with van der Waals surface area (Å²) in [6.07, 6.45) is 2.58. The summed E-state index contributed by atoms with van der Waals surface area (Å²) in [4.78, 5) is 5.35. The number of ether oxygens (including phenoxy) is 1. The fourth-order valence-corrected chi connectivity index (χ4v) is 4.43. The van der Waals surface area contributed by atoms with Gasteiger partial charge < -0.3 is 4.74 Å². The second-order valence-corrected chi connectivity index (χ2v) is 6.88. The summed E-state index contributed by atoms with van der Waals surface area (Å²) in [6.45, 7) is 4.52. The van der Waals surface area contributed by atoms with Gasteiger partial charge in [-0.1, -0.05) is 48.5 Å². The van der Waals surface area contributed by atoms with Gasteiger partial charge in [-0.2, -0.15) is 0 Å². The van der Waals surface area contributed by atoms with E-state index in [0.29, 0.717) is 12.1 Å². The molecular weight excluding hydrogens is 296 g/mol. The summed E-state index contributed by atoms with van der Waals surface area (Å²) in [5.41, 5.74) is 2.76. The highest BCUT2D eigenvalue weighted by Gasteiger charge is 2.39. The SMILES string of the molecule is COc1ccccc1CN1CCN2CCC[C@H]1[C@@H]2c1ccccc1. The highest BCUT2D eigenvalue weighted by Crippen LogP contribution is 2.38. The number of piperazine rings is 1. The number of para-hydroxylation sites is 1. The Morgan fingerprint density at radius 2 is 1.75 bits per heavy atom. The van der Waals surface area contributed by atoms with Gasteiger partial charge in [0.1, 0.15) is 5.75 Å². The molecule has 2 heterocycles. The molecule has 3 atom stereocenters. The van der Waals surface area contributed by atoms with Crippen LogP contribution >= 0.6 is 0 Å². The van der Waals surface area contributed by atoms with Crippen molar-refractivity contribution < 1.29 is 4.74 Å². The number of methoxy groups -OCH3 is 1. The van der Waals surface area contributed by atoms with E-state index in [0.717, 1.165) is 25.4 Å². The minimum absolute atomic E-state index is 0.531. The zero-order valence-corrected chi connectivity index (χ0v) is 14.4. The quantitative estimate of drug-likeness (QED) is 0.853. The molecule has 3 nitrogen and oxygen atoms in total. The van der Waals surface area contributed by atoms with Gasteiger partial charge in [-0.05, 0) is 31.0 Å². The first-order valence-electron chi connectivity index (χ1n) is 9.02. The van der Waals surface area contributed by atoms with Crippen LogP contribution in [0, 0.1) is 0 Å². The van der Waals surface area contributed by atoms with Gasteiger partial charge in [0.15, 0.2) is 0 Å². The molecule has 2 bridgehead atoms. The Morgan fingerprint density at radius 1 is 0.958 bits per heavy atom. The highest BCUT2D eigenvalue weighted by atomic mass is 16.5. The predicted molar refractivity (Wildman–Crippen MR) is 97.2 cm³/mol. The molecule has 2 aromatic carbocycles. The zero-order valence-electron chi connectivity index (χ0n) is 14.4. The van der Waals surface area contributed by atoms with E-state index in [9.17, 15) is 0 Å². The van der Waals surface area contributed by atoms with E-state index >= 15 is 0 Å². The van der Waals surface area contributed by atoms with E-state index in [1.165, 1.54) is 30.5 Å². The number of hydrogen-bond acceptors (Lipinski definition) is 3. The van der Waals surface area contributed by atoms with Crippen LogP contribution in [0.4, 0.5) is 0 Å². The smallest absolute Gasteiger partial charge is 0.123 e. The van der Waals surface area contributed by atoms with Gasteiger partial charge >= 0.3 is 0 Å². The van der Waals surface area contributed by atoms with Crippen LogP contribution in [0.3, 0.4) is 0 Å². The van der Waals surface area contributed by atoms with Crippen LogP contribution in [0.25, 0.3) is 0 Å². The Hall–Kier alpha value is -1.84. The number of fused-ring (bicyclic) bond motifs is 2. The summed E-state index contributed by atoms with van der Waals surface area (Å²) < 4.78 is 5.57. The minimum Gasteiger partial charge on any atom is -0.496 e. The van der Waals surface area contributed by atoms with Crippen LogP contribution in [-0.2, 0) is 6.54 Å². The molecule has 1 unspecified atom stereocenters. The van der Waals surface area contributed by atoms with Crippen molar-refractivity contribution in [3.05, 3.63) is 65.7 Å². The van der Waals surface area contributed by atoms with Gasteiger partial charge in [-0.3, -0.25) is 9.80 Å². The van der Waals surface area contributed by atoms with Crippen LogP contribution in [0.5, 0.6) is 5.75 Å². The highest BCUT2D eigenvalue weighted by molar-refractivity contribution is 5.33. The molecule has 3 heteroatoms. The van der Waals surface area contributed by atoms with E-state index in [-0.39, 0.29) is 0 Å². The third-order valence-corrected chi connectivity index (χ3v) is 5.55. The van der Waals surface area contributed by atoms with E-state index in [2.05, 4.69) is 58.3 Å². The van der Waals surface area contributed by atoms with Gasteiger partial charge in [0.05, 0.1) is 13.2 Å². The molecule has 2 saturated heterocycles. The molecule has 126 valence electrons. The average molecular weight is 322 g/mol. The minimum atomic E-state index is 0.531. The molecule has 0 aliphatic carbocycles. The molecule has 0 radical (unpaired) electrons. The summed E-state index contributed by atoms with van der Waals surface area (Å²) in [7, 11) is 1.77. The number of benzene rings is 2. The number of rotatable bonds is 4. The van der Waals surface area contributed by atoms with Crippen molar-refractivity contribution in [1.82, 2.24) is 9.80 Å². The fourth-order valence-electron chi connectivity index (χ4n) is 4.43. The van der Waals surface area contributed by atoms with Crippen molar-refractivity contribution in [1.29, 1.82) is 0 Å². The second-order valence-electron chi connectivity index (χ2n) is 6.88. The molecule has 0 spiro atoms. The Bertz CT molecular complexity index is 673. The van der Waals surface area contributed by atoms with Gasteiger partial charge in [-0.25, -0.2) is 0 Å². The maximum absolute atomic E-state index is 5.57. The summed E-state index contributed by atoms with van der Waals surface area (Å²) in [6, 6.07) is 20.6. The lowest BCUT2D eigenvalue weighted by Crippen LogP contribution is -2.57. The van der Waals surface area contributed by atoms with Crippen LogP contribution in [0.2, 0.25) is 0 Å². The molecule has 0 saturated carbocycles. The van der Waals surface area contributed by atoms with E-state index in [1.807, 2.05) is 6.07 Å². The van der Waals surface area contributed by atoms with Crippen LogP contribution < -0.4 is 4.74 Å². The Morgan fingerprint density at radius 3 is 2.58 bits per heavy atom. The third kappa shape index (κ3) is 2.94. The van der Waals surface area contributed by atoms with Gasteiger partial charge in [0.2, 0.25) is 0 Å². The van der Waals surface area contributed by atoms with Crippen LogP contribution in [0.1, 0.15) is 30.0 Å². The molecule has 0 N–H and O–H groups in total. The third-order valence-electron chi connectivity index (χ3n) is 5.55. The van der Waals surface area contributed by atoms with Crippen molar-refractivity contribution >= 4 is 0 Å². The zero-order chi connectivity index (χ0) is 16.4. The van der Waals surface area contributed by atoms with E-state index in [4.69, 9.17) is 4.74 Å². The summed E-state index contributed by atoms with van der Waals surface area (Å²) >= 11 is 0. The van der Waals surface area contributed by atoms with Crippen molar-refractivity contribution in [2.24, 2.45) is 0 Å². The molecule has 4 rings (SSSR count). The summed E-state index contributed by atoms with van der Waals surface area (Å²) in [5, 5.41) is 0. The average Bonchev–Trinajstić information content (AvgIpc) is 2.65. The van der Waals surface area contributed by atoms with Crippen LogP contribution in [-0.4, -0.2) is 42.6 Å². The first-order chi connectivity index (χ1) is 11.9. The monoisotopic (exact) mass is 322 g/mol. The molecule has 2 aromatic rings. The summed E-state index contributed by atoms with van der Waals surface area (Å²) in [5.74, 6) is 1.01. The van der Waals surface area contributed by atoms with Crippen LogP contribution in [0.15, 0.2) is 54.6 Å². The number of hydrogen-bond donors (Lipinski definition) is 0. The normalized spacial score (nSPS) is 27.0. The standard InChI is InChI=1S/C21H26N2O/c1-24-20-12-6-5-10-18(20)16-23-15-14-22-13-7-11-19(23)21(22)17-8-3-2-4-9-17/h2-6,8-10,12,19,21H,7,11,13-16H2,1H3/t19-,21-/m0/s1. The van der Waals surface area contributed by atoms with Crippen molar-refractivity contribution in [3.8, 4) is 5.75 Å². The number of piperidine rings is 1. The first-order valence-corrected chi connectivity index (χ1v) is 9.02. The van der Waals surface area contributed by atoms with Gasteiger partial charge in [0.25, 0.3) is 0 Å². The topological polar surface area (TPSA) is 15.7 Å². The molecule has 0 amide bonds. The largest absolute Gasteiger partial charge is 0.496 e. The van der Waals surface area contributed by atoms with Crippen molar-refractivity contribution in [2.45, 2.75) is 31.5 Å². The molecule has 2 fully saturated rings. The first kappa shape index (κ1) is 15.7. The Kier molecular flexibility index (Phi) is 4.54. The Balaban J connectivity index is 1.60. The predicted octanol–water partition coefficient (Wildman–Crippen LogP) is 3.72. The van der Waals surface area contributed by atoms with Crippen molar-refractivity contribution in [2.75, 3.05) is 26.7 Å². The number of nitrogens with zero attached hydrogens (tertiary/aromatic N) is 2. The second kappa shape index (κ2) is 6.96. The van der Waals surface area contributed by atoms with Gasteiger partial charge in [0, 0.05) is 31.2 Å². The fraction of sp³-hybridized carbons (Fsp3) is 0.429. The van der Waals surface area contributed by atoms with Crippen molar-refractivity contribution in [3.63, 3.8) is 0 Å². The Labute approximate surface area is 144 Å².